The molecular weight excluding hydrogens is 278 g/mol. The molecule has 0 amide bonds. The van der Waals surface area contributed by atoms with E-state index >= 15 is 0 Å². The monoisotopic (exact) mass is 289 g/mol. The van der Waals surface area contributed by atoms with Crippen molar-refractivity contribution in [1.29, 1.82) is 0 Å². The fraction of sp³-hybridized carbons (Fsp3) is 0.0667. The number of hydrogen-bond acceptors (Lipinski definition) is 3. The van der Waals surface area contributed by atoms with Crippen LogP contribution in [0.4, 0.5) is 0 Å². The summed E-state index contributed by atoms with van der Waals surface area (Å²) in [6.45, 7) is 0. The first-order chi connectivity index (χ1) is 9.61. The SMILES string of the molecule is COc1ccc(Cl)cc1/C(=C/c1cccnc1)C(=O)O. The summed E-state index contributed by atoms with van der Waals surface area (Å²) in [5.74, 6) is -0.610. The van der Waals surface area contributed by atoms with Crippen LogP contribution >= 0.6 is 11.6 Å². The van der Waals surface area contributed by atoms with Crippen LogP contribution in [0.2, 0.25) is 5.02 Å². The Morgan fingerprint density at radius 3 is 2.80 bits per heavy atom. The third kappa shape index (κ3) is 3.16. The van der Waals surface area contributed by atoms with Crippen LogP contribution in [0.25, 0.3) is 11.6 Å². The van der Waals surface area contributed by atoms with E-state index < -0.39 is 5.97 Å². The lowest BCUT2D eigenvalue weighted by molar-refractivity contribution is -0.130. The van der Waals surface area contributed by atoms with Crippen molar-refractivity contribution < 1.29 is 14.6 Å². The second-order valence-electron chi connectivity index (χ2n) is 3.99. The molecule has 0 fully saturated rings. The molecule has 1 heterocycles. The number of carboxylic acid groups (broad SMARTS) is 1. The minimum Gasteiger partial charge on any atom is -0.496 e. The van der Waals surface area contributed by atoms with Gasteiger partial charge in [0.2, 0.25) is 0 Å². The number of rotatable bonds is 4. The Balaban J connectivity index is 2.58. The molecule has 0 aliphatic heterocycles. The highest BCUT2D eigenvalue weighted by Gasteiger charge is 2.16. The van der Waals surface area contributed by atoms with Crippen LogP contribution in [0.1, 0.15) is 11.1 Å². The fourth-order valence-electron chi connectivity index (χ4n) is 1.77. The van der Waals surface area contributed by atoms with Gasteiger partial charge in [-0.05, 0) is 35.9 Å². The van der Waals surface area contributed by atoms with Crippen LogP contribution in [0.5, 0.6) is 5.75 Å². The summed E-state index contributed by atoms with van der Waals surface area (Å²) in [5, 5.41) is 9.86. The summed E-state index contributed by atoms with van der Waals surface area (Å²) in [5.41, 5.74) is 1.21. The van der Waals surface area contributed by atoms with Gasteiger partial charge in [0.1, 0.15) is 5.75 Å². The highest BCUT2D eigenvalue weighted by atomic mass is 35.5. The van der Waals surface area contributed by atoms with E-state index in [1.165, 1.54) is 13.2 Å². The zero-order valence-electron chi connectivity index (χ0n) is 10.7. The molecule has 2 aromatic rings. The Hall–Kier alpha value is -2.33. The Morgan fingerprint density at radius 2 is 2.20 bits per heavy atom. The summed E-state index contributed by atoms with van der Waals surface area (Å²) < 4.78 is 5.19. The molecule has 0 atom stereocenters. The number of aromatic nitrogens is 1. The van der Waals surface area contributed by atoms with Crippen LogP contribution in [-0.2, 0) is 4.79 Å². The van der Waals surface area contributed by atoms with E-state index in [1.807, 2.05) is 0 Å². The Labute approximate surface area is 121 Å². The normalized spacial score (nSPS) is 11.2. The van der Waals surface area contributed by atoms with Gasteiger partial charge in [-0.2, -0.15) is 0 Å². The molecule has 102 valence electrons. The molecule has 4 nitrogen and oxygen atoms in total. The van der Waals surface area contributed by atoms with Crippen molar-refractivity contribution >= 4 is 29.2 Å². The number of halogens is 1. The van der Waals surface area contributed by atoms with Crippen molar-refractivity contribution in [3.63, 3.8) is 0 Å². The van der Waals surface area contributed by atoms with Gasteiger partial charge < -0.3 is 9.84 Å². The molecule has 5 heteroatoms. The maximum Gasteiger partial charge on any atom is 0.336 e. The summed E-state index contributed by atoms with van der Waals surface area (Å²) in [7, 11) is 1.48. The van der Waals surface area contributed by atoms with Crippen LogP contribution < -0.4 is 4.74 Å². The van der Waals surface area contributed by atoms with Crippen LogP contribution in [0.3, 0.4) is 0 Å². The second kappa shape index (κ2) is 6.21. The van der Waals surface area contributed by atoms with Crippen molar-refractivity contribution in [3.05, 3.63) is 58.9 Å². The third-order valence-corrected chi connectivity index (χ3v) is 2.91. The average Bonchev–Trinajstić information content (AvgIpc) is 2.45. The predicted molar refractivity (Wildman–Crippen MR) is 77.7 cm³/mol. The number of aliphatic carboxylic acids is 1. The number of carbonyl (C=O) groups is 1. The zero-order valence-corrected chi connectivity index (χ0v) is 11.5. The highest BCUT2D eigenvalue weighted by molar-refractivity contribution is 6.31. The molecule has 0 aliphatic carbocycles. The first kappa shape index (κ1) is 14.1. The minimum atomic E-state index is -1.06. The first-order valence-corrected chi connectivity index (χ1v) is 6.18. The van der Waals surface area contributed by atoms with Gasteiger partial charge in [0.05, 0.1) is 12.7 Å². The summed E-state index contributed by atoms with van der Waals surface area (Å²) >= 11 is 5.94. The van der Waals surface area contributed by atoms with E-state index in [-0.39, 0.29) is 5.57 Å². The molecule has 2 rings (SSSR count). The molecule has 1 N–H and O–H groups in total. The van der Waals surface area contributed by atoms with Gasteiger partial charge in [-0.1, -0.05) is 17.7 Å². The molecule has 0 saturated carbocycles. The van der Waals surface area contributed by atoms with Gasteiger partial charge >= 0.3 is 5.97 Å². The molecule has 0 spiro atoms. The number of hydrogen-bond donors (Lipinski definition) is 1. The molecule has 0 saturated heterocycles. The van der Waals surface area contributed by atoms with Crippen LogP contribution in [0, 0.1) is 0 Å². The summed E-state index contributed by atoms with van der Waals surface area (Å²) in [4.78, 5) is 15.5. The molecule has 0 aliphatic rings. The van der Waals surface area contributed by atoms with Gasteiger partial charge in [-0.15, -0.1) is 0 Å². The minimum absolute atomic E-state index is 0.0948. The smallest absolute Gasteiger partial charge is 0.336 e. The summed E-state index contributed by atoms with van der Waals surface area (Å²) in [6.07, 6.45) is 4.74. The van der Waals surface area contributed by atoms with Crippen molar-refractivity contribution in [1.82, 2.24) is 4.98 Å². The Bertz CT molecular complexity index is 653. The molecule has 0 unspecified atom stereocenters. The van der Waals surface area contributed by atoms with Gasteiger partial charge in [0, 0.05) is 23.0 Å². The van der Waals surface area contributed by atoms with E-state index in [0.717, 1.165) is 0 Å². The average molecular weight is 290 g/mol. The molecule has 20 heavy (non-hydrogen) atoms. The lowest BCUT2D eigenvalue weighted by Gasteiger charge is -2.09. The quantitative estimate of drug-likeness (QED) is 0.877. The topological polar surface area (TPSA) is 59.4 Å². The molecule has 1 aromatic carbocycles. The van der Waals surface area contributed by atoms with E-state index in [9.17, 15) is 9.90 Å². The van der Waals surface area contributed by atoms with Crippen molar-refractivity contribution in [2.75, 3.05) is 7.11 Å². The number of ether oxygens (including phenoxy) is 1. The number of pyridine rings is 1. The van der Waals surface area contributed by atoms with Crippen molar-refractivity contribution in [2.24, 2.45) is 0 Å². The van der Waals surface area contributed by atoms with Gasteiger partial charge in [0.25, 0.3) is 0 Å². The second-order valence-corrected chi connectivity index (χ2v) is 4.43. The number of methoxy groups -OCH3 is 1. The fourth-order valence-corrected chi connectivity index (χ4v) is 1.95. The third-order valence-electron chi connectivity index (χ3n) is 2.68. The number of carboxylic acids is 1. The lowest BCUT2D eigenvalue weighted by Crippen LogP contribution is -2.02. The maximum absolute atomic E-state index is 11.5. The molecule has 0 radical (unpaired) electrons. The lowest BCUT2D eigenvalue weighted by atomic mass is 10.0. The highest BCUT2D eigenvalue weighted by Crippen LogP contribution is 2.30. The standard InChI is InChI=1S/C15H12ClNO3/c1-20-14-5-4-11(16)8-12(14)13(15(18)19)7-10-3-2-6-17-9-10/h2-9H,1H3,(H,18,19)/b13-7-. The van der Waals surface area contributed by atoms with Crippen molar-refractivity contribution in [3.8, 4) is 5.75 Å². The molecule has 1 aromatic heterocycles. The Morgan fingerprint density at radius 1 is 1.40 bits per heavy atom. The Kier molecular flexibility index (Phi) is 4.38. The predicted octanol–water partition coefficient (Wildman–Crippen LogP) is 3.37. The summed E-state index contributed by atoms with van der Waals surface area (Å²) in [6, 6.07) is 8.36. The van der Waals surface area contributed by atoms with E-state index in [2.05, 4.69) is 4.98 Å². The van der Waals surface area contributed by atoms with E-state index in [4.69, 9.17) is 16.3 Å². The largest absolute Gasteiger partial charge is 0.496 e. The van der Waals surface area contributed by atoms with Gasteiger partial charge in [0.15, 0.2) is 0 Å². The number of benzene rings is 1. The van der Waals surface area contributed by atoms with E-state index in [0.29, 0.717) is 21.9 Å². The molecule has 0 bridgehead atoms. The van der Waals surface area contributed by atoms with Gasteiger partial charge in [-0.25, -0.2) is 4.79 Å². The maximum atomic E-state index is 11.5. The van der Waals surface area contributed by atoms with Gasteiger partial charge in [-0.3, -0.25) is 4.98 Å². The molecular formula is C15H12ClNO3. The first-order valence-electron chi connectivity index (χ1n) is 5.80. The van der Waals surface area contributed by atoms with Crippen LogP contribution in [0.15, 0.2) is 42.7 Å². The van der Waals surface area contributed by atoms with Crippen molar-refractivity contribution in [2.45, 2.75) is 0 Å². The number of nitrogens with zero attached hydrogens (tertiary/aromatic N) is 1. The van der Waals surface area contributed by atoms with E-state index in [1.54, 1.807) is 42.7 Å². The zero-order chi connectivity index (χ0) is 14.5. The van der Waals surface area contributed by atoms with Crippen LogP contribution in [-0.4, -0.2) is 23.2 Å².